The van der Waals surface area contributed by atoms with Gasteiger partial charge in [-0.1, -0.05) is 32.9 Å². The average Bonchev–Trinajstić information content (AvgIpc) is 3.04. The zero-order chi connectivity index (χ0) is 26.4. The third kappa shape index (κ3) is 3.69. The minimum atomic E-state index is -2.28. The van der Waals surface area contributed by atoms with Gasteiger partial charge in [0.1, 0.15) is 11.4 Å². The fourth-order valence-corrected chi connectivity index (χ4v) is 11.6. The van der Waals surface area contributed by atoms with Gasteiger partial charge in [-0.05, 0) is 73.0 Å². The Hall–Kier alpha value is -1.81. The number of Topliss-reactive ketones (excluding diaryl/α,β-unsaturated/α-hetero) is 2. The summed E-state index contributed by atoms with van der Waals surface area (Å²) in [6.07, 6.45) is 3.57. The summed E-state index contributed by atoms with van der Waals surface area (Å²) in [5.74, 6) is 0.790. The molecule has 36 heavy (non-hydrogen) atoms. The number of methoxy groups -OCH3 is 1. The molecule has 0 unspecified atom stereocenters. The van der Waals surface area contributed by atoms with E-state index in [2.05, 4.69) is 59.1 Å². The molecule has 4 aliphatic rings. The highest BCUT2D eigenvalue weighted by molar-refractivity contribution is 6.79. The predicted octanol–water partition coefficient (Wildman–Crippen LogP) is 6.03. The van der Waals surface area contributed by atoms with E-state index in [0.717, 1.165) is 28.0 Å². The van der Waals surface area contributed by atoms with E-state index < -0.39 is 22.2 Å². The van der Waals surface area contributed by atoms with Crippen molar-refractivity contribution in [2.75, 3.05) is 7.11 Å². The molecule has 1 saturated heterocycles. The van der Waals surface area contributed by atoms with Crippen LogP contribution in [0.4, 0.5) is 0 Å². The van der Waals surface area contributed by atoms with Gasteiger partial charge in [0.05, 0.1) is 13.2 Å². The number of ether oxygens (including phenoxy) is 1. The lowest BCUT2D eigenvalue weighted by atomic mass is 9.61. The molecule has 2 fully saturated rings. The molecule has 0 bridgehead atoms. The molecule has 0 radical (unpaired) electrons. The minimum Gasteiger partial charge on any atom is -0.496 e. The summed E-state index contributed by atoms with van der Waals surface area (Å²) < 4.78 is 19.5. The summed E-state index contributed by atoms with van der Waals surface area (Å²) >= 11 is 0. The maximum absolute atomic E-state index is 14.2. The van der Waals surface area contributed by atoms with Gasteiger partial charge in [0.2, 0.25) is 8.32 Å². The van der Waals surface area contributed by atoms with E-state index in [1.165, 1.54) is 5.20 Å². The minimum absolute atomic E-state index is 0.0255. The van der Waals surface area contributed by atoms with Crippen LogP contribution in [0.2, 0.25) is 31.2 Å². The normalized spacial score (nSPS) is 30.9. The predicted molar refractivity (Wildman–Crippen MR) is 147 cm³/mol. The van der Waals surface area contributed by atoms with E-state index in [1.807, 2.05) is 12.1 Å². The van der Waals surface area contributed by atoms with Gasteiger partial charge in [-0.25, -0.2) is 0 Å². The van der Waals surface area contributed by atoms with Gasteiger partial charge in [-0.2, -0.15) is 0 Å². The van der Waals surface area contributed by atoms with Crippen molar-refractivity contribution in [1.29, 1.82) is 0 Å². The Bertz CT molecular complexity index is 1220. The first-order chi connectivity index (χ1) is 16.6. The van der Waals surface area contributed by atoms with Crippen molar-refractivity contribution in [2.45, 2.75) is 89.9 Å². The molecule has 7 heteroatoms. The zero-order valence-electron chi connectivity index (χ0n) is 23.2. The van der Waals surface area contributed by atoms with Gasteiger partial charge in [0, 0.05) is 35.8 Å². The van der Waals surface area contributed by atoms with Crippen LogP contribution in [0.3, 0.4) is 0 Å². The zero-order valence-corrected chi connectivity index (χ0v) is 25.2. The van der Waals surface area contributed by atoms with Crippen molar-refractivity contribution >= 4 is 34.3 Å². The standard InChI is InChI=1S/C29H40O5Si2/c1-17(30)29(34-36(8,9)28(2,3)4)15-22-25-24(16-29)33-35(6,7)27(25)21-14-19-18(13-20(21)26(22)31)11-10-12-23(19)32-5/h10-13,22,24-25H,14-16H2,1-9H3/t22-,24+,25-,29+/m1/s1. The second kappa shape index (κ2) is 8.09. The van der Waals surface area contributed by atoms with Crippen LogP contribution in [0.5, 0.6) is 5.75 Å². The molecule has 1 heterocycles. The van der Waals surface area contributed by atoms with Crippen LogP contribution in [-0.4, -0.2) is 47.0 Å². The third-order valence-corrected chi connectivity index (χ3v) is 16.9. The number of fused-ring (bicyclic) bond motifs is 2. The number of carbonyl (C=O) groups excluding carboxylic acids is 2. The van der Waals surface area contributed by atoms with Crippen LogP contribution in [0.15, 0.2) is 34.5 Å². The third-order valence-electron chi connectivity index (χ3n) is 9.54. The molecular formula is C29H40O5Si2. The first kappa shape index (κ1) is 25.8. The molecule has 1 aromatic carbocycles. The quantitative estimate of drug-likeness (QED) is 0.450. The van der Waals surface area contributed by atoms with Gasteiger partial charge in [-0.15, -0.1) is 0 Å². The highest BCUT2D eigenvalue weighted by Crippen LogP contribution is 2.58. The topological polar surface area (TPSA) is 61.8 Å². The molecule has 5 nitrogen and oxygen atoms in total. The summed E-state index contributed by atoms with van der Waals surface area (Å²) in [5, 5.41) is 1.32. The van der Waals surface area contributed by atoms with E-state index >= 15 is 0 Å². The summed E-state index contributed by atoms with van der Waals surface area (Å²) in [7, 11) is -2.86. The first-order valence-corrected chi connectivity index (χ1v) is 19.0. The van der Waals surface area contributed by atoms with Crippen molar-refractivity contribution in [3.63, 3.8) is 0 Å². The lowest BCUT2D eigenvalue weighted by molar-refractivity contribution is -0.147. The second-order valence-electron chi connectivity index (χ2n) is 13.1. The van der Waals surface area contributed by atoms with E-state index in [0.29, 0.717) is 19.3 Å². The SMILES string of the molecule is COc1cccc2c1CC1=C3[C@H]4[C@H](C[C@](O[Si](C)(C)C(C)(C)C)(C(C)=O)C[C@H]4C(=O)C1=C2)O[Si]3(C)C. The van der Waals surface area contributed by atoms with Crippen molar-refractivity contribution in [1.82, 2.24) is 0 Å². The number of hydrogen-bond donors (Lipinski definition) is 0. The Labute approximate surface area is 217 Å². The molecule has 3 aliphatic carbocycles. The van der Waals surface area contributed by atoms with Crippen LogP contribution < -0.4 is 4.74 Å². The summed E-state index contributed by atoms with van der Waals surface area (Å²) in [6.45, 7) is 17.1. The number of benzene rings is 1. The van der Waals surface area contributed by atoms with Gasteiger partial charge in [0.15, 0.2) is 19.9 Å². The van der Waals surface area contributed by atoms with E-state index in [4.69, 9.17) is 13.6 Å². The molecule has 5 rings (SSSR count). The smallest absolute Gasteiger partial charge is 0.215 e. The molecule has 4 atom stereocenters. The lowest BCUT2D eigenvalue weighted by Crippen LogP contribution is -2.59. The summed E-state index contributed by atoms with van der Waals surface area (Å²) in [5.41, 5.74) is 3.17. The molecule has 0 amide bonds. The number of rotatable bonds is 4. The average molecular weight is 525 g/mol. The lowest BCUT2D eigenvalue weighted by Gasteiger charge is -2.51. The van der Waals surface area contributed by atoms with Gasteiger partial charge >= 0.3 is 0 Å². The molecule has 194 valence electrons. The number of hydrogen-bond acceptors (Lipinski definition) is 5. The Kier molecular flexibility index (Phi) is 5.81. The van der Waals surface area contributed by atoms with Crippen LogP contribution >= 0.6 is 0 Å². The van der Waals surface area contributed by atoms with Crippen LogP contribution in [0.1, 0.15) is 51.7 Å². The van der Waals surface area contributed by atoms with Crippen molar-refractivity contribution in [3.8, 4) is 5.75 Å². The van der Waals surface area contributed by atoms with Gasteiger partial charge < -0.3 is 13.6 Å². The monoisotopic (exact) mass is 524 g/mol. The maximum Gasteiger partial charge on any atom is 0.215 e. The Morgan fingerprint density at radius 3 is 2.50 bits per heavy atom. The van der Waals surface area contributed by atoms with Crippen molar-refractivity contribution in [2.24, 2.45) is 11.8 Å². The molecule has 0 N–H and O–H groups in total. The fourth-order valence-electron chi connectivity index (χ4n) is 6.80. The second-order valence-corrected chi connectivity index (χ2v) is 21.7. The van der Waals surface area contributed by atoms with Crippen LogP contribution in [0.25, 0.3) is 6.08 Å². The number of ketones is 2. The van der Waals surface area contributed by atoms with Crippen molar-refractivity contribution < 1.29 is 23.2 Å². The largest absolute Gasteiger partial charge is 0.496 e. The van der Waals surface area contributed by atoms with Crippen molar-refractivity contribution in [3.05, 3.63) is 45.7 Å². The molecule has 0 aromatic heterocycles. The Morgan fingerprint density at radius 1 is 1.19 bits per heavy atom. The maximum atomic E-state index is 14.2. The Balaban J connectivity index is 1.65. The molecule has 1 aliphatic heterocycles. The molecule has 0 spiro atoms. The first-order valence-electron chi connectivity index (χ1n) is 13.2. The molecule has 1 saturated carbocycles. The van der Waals surface area contributed by atoms with Crippen LogP contribution in [0, 0.1) is 11.8 Å². The Morgan fingerprint density at radius 2 is 1.89 bits per heavy atom. The molecule has 1 aromatic rings. The number of carbonyl (C=O) groups is 2. The van der Waals surface area contributed by atoms with E-state index in [-0.39, 0.29) is 34.5 Å². The van der Waals surface area contributed by atoms with Gasteiger partial charge in [-0.3, -0.25) is 9.59 Å². The summed E-state index contributed by atoms with van der Waals surface area (Å²) in [6, 6.07) is 6.03. The molecular weight excluding hydrogens is 484 g/mol. The van der Waals surface area contributed by atoms with E-state index in [1.54, 1.807) is 14.0 Å². The summed E-state index contributed by atoms with van der Waals surface area (Å²) in [4.78, 5) is 27.6. The highest BCUT2D eigenvalue weighted by Gasteiger charge is 2.63. The van der Waals surface area contributed by atoms with Crippen LogP contribution in [-0.2, 0) is 24.9 Å². The van der Waals surface area contributed by atoms with E-state index in [9.17, 15) is 9.59 Å². The highest BCUT2D eigenvalue weighted by atomic mass is 28.4. The fraction of sp³-hybridized carbons (Fsp3) is 0.586. The number of allylic oxidation sites excluding steroid dienone is 2. The van der Waals surface area contributed by atoms with Gasteiger partial charge in [0.25, 0.3) is 0 Å².